The maximum atomic E-state index is 5.65. The van der Waals surface area contributed by atoms with Gasteiger partial charge in [0.2, 0.25) is 0 Å². The molecule has 100 valence electrons. The summed E-state index contributed by atoms with van der Waals surface area (Å²) in [4.78, 5) is 9.01. The molecule has 1 atom stereocenters. The first-order valence-corrected chi connectivity index (χ1v) is 6.81. The predicted octanol–water partition coefficient (Wildman–Crippen LogP) is 2.51. The summed E-state index contributed by atoms with van der Waals surface area (Å²) in [5.74, 6) is 1.38. The summed E-state index contributed by atoms with van der Waals surface area (Å²) in [6.45, 7) is 2.48. The number of aryl methyl sites for hydroxylation is 1. The SMILES string of the molecule is COC(c1ncc(CN)c(C)n1)C1CCCCC1. The molecule has 0 bridgehead atoms. The second-order valence-corrected chi connectivity index (χ2v) is 5.10. The van der Waals surface area contributed by atoms with Gasteiger partial charge in [-0.05, 0) is 25.7 Å². The molecule has 18 heavy (non-hydrogen) atoms. The van der Waals surface area contributed by atoms with Crippen LogP contribution < -0.4 is 5.73 Å². The second kappa shape index (κ2) is 6.25. The normalized spacial score (nSPS) is 18.8. The fraction of sp³-hybridized carbons (Fsp3) is 0.714. The van der Waals surface area contributed by atoms with Crippen molar-refractivity contribution in [1.82, 2.24) is 9.97 Å². The maximum absolute atomic E-state index is 5.65. The van der Waals surface area contributed by atoms with Gasteiger partial charge in [-0.2, -0.15) is 0 Å². The van der Waals surface area contributed by atoms with Gasteiger partial charge in [-0.3, -0.25) is 0 Å². The fourth-order valence-electron chi connectivity index (χ4n) is 2.79. The zero-order chi connectivity index (χ0) is 13.0. The van der Waals surface area contributed by atoms with E-state index < -0.39 is 0 Å². The van der Waals surface area contributed by atoms with Crippen LogP contribution in [-0.2, 0) is 11.3 Å². The van der Waals surface area contributed by atoms with Crippen LogP contribution in [0.15, 0.2) is 6.20 Å². The van der Waals surface area contributed by atoms with Gasteiger partial charge in [0.1, 0.15) is 6.10 Å². The molecule has 1 unspecified atom stereocenters. The highest BCUT2D eigenvalue weighted by Gasteiger charge is 2.27. The topological polar surface area (TPSA) is 61.0 Å². The lowest BCUT2D eigenvalue weighted by atomic mass is 9.85. The number of nitrogens with two attached hydrogens (primary N) is 1. The van der Waals surface area contributed by atoms with Gasteiger partial charge in [0.05, 0.1) is 0 Å². The molecule has 1 aliphatic rings. The van der Waals surface area contributed by atoms with E-state index in [1.807, 2.05) is 13.1 Å². The van der Waals surface area contributed by atoms with E-state index in [-0.39, 0.29) is 6.10 Å². The van der Waals surface area contributed by atoms with Crippen molar-refractivity contribution in [1.29, 1.82) is 0 Å². The average Bonchev–Trinajstić information content (AvgIpc) is 2.41. The minimum Gasteiger partial charge on any atom is -0.373 e. The van der Waals surface area contributed by atoms with E-state index in [9.17, 15) is 0 Å². The van der Waals surface area contributed by atoms with E-state index >= 15 is 0 Å². The van der Waals surface area contributed by atoms with E-state index in [4.69, 9.17) is 10.5 Å². The van der Waals surface area contributed by atoms with Crippen molar-refractivity contribution in [2.75, 3.05) is 7.11 Å². The molecular formula is C14H23N3O. The largest absolute Gasteiger partial charge is 0.373 e. The number of nitrogens with zero attached hydrogens (tertiary/aromatic N) is 2. The Kier molecular flexibility index (Phi) is 4.66. The van der Waals surface area contributed by atoms with Gasteiger partial charge in [0.15, 0.2) is 5.82 Å². The van der Waals surface area contributed by atoms with Crippen molar-refractivity contribution < 1.29 is 4.74 Å². The zero-order valence-electron chi connectivity index (χ0n) is 11.4. The van der Waals surface area contributed by atoms with Crippen LogP contribution in [0.2, 0.25) is 0 Å². The Morgan fingerprint density at radius 3 is 2.67 bits per heavy atom. The Labute approximate surface area is 109 Å². The van der Waals surface area contributed by atoms with Crippen molar-refractivity contribution in [3.8, 4) is 0 Å². The molecule has 0 radical (unpaired) electrons. The fourth-order valence-corrected chi connectivity index (χ4v) is 2.79. The molecule has 0 spiro atoms. The lowest BCUT2D eigenvalue weighted by molar-refractivity contribution is 0.0287. The Hall–Kier alpha value is -1.00. The standard InChI is InChI=1S/C14H23N3O/c1-10-12(8-15)9-16-14(17-10)13(18-2)11-6-4-3-5-7-11/h9,11,13H,3-8,15H2,1-2H3. The molecular weight excluding hydrogens is 226 g/mol. The molecule has 4 heteroatoms. The number of rotatable bonds is 4. The van der Waals surface area contributed by atoms with Crippen LogP contribution >= 0.6 is 0 Å². The lowest BCUT2D eigenvalue weighted by Crippen LogP contribution is -2.21. The van der Waals surface area contributed by atoms with Crippen molar-refractivity contribution in [2.45, 2.75) is 51.7 Å². The summed E-state index contributed by atoms with van der Waals surface area (Å²) in [6, 6.07) is 0. The van der Waals surface area contributed by atoms with E-state index in [1.54, 1.807) is 7.11 Å². The summed E-state index contributed by atoms with van der Waals surface area (Å²) >= 11 is 0. The number of ether oxygens (including phenoxy) is 1. The van der Waals surface area contributed by atoms with E-state index in [0.29, 0.717) is 12.5 Å². The quantitative estimate of drug-likeness (QED) is 0.890. The first kappa shape index (κ1) is 13.4. The van der Waals surface area contributed by atoms with Crippen LogP contribution in [0.4, 0.5) is 0 Å². The van der Waals surface area contributed by atoms with Crippen LogP contribution in [0.5, 0.6) is 0 Å². The van der Waals surface area contributed by atoms with Crippen LogP contribution in [-0.4, -0.2) is 17.1 Å². The first-order chi connectivity index (χ1) is 8.76. The van der Waals surface area contributed by atoms with Crippen molar-refractivity contribution in [3.05, 3.63) is 23.3 Å². The third-order valence-corrected chi connectivity index (χ3v) is 3.91. The molecule has 0 saturated heterocycles. The smallest absolute Gasteiger partial charge is 0.157 e. The Morgan fingerprint density at radius 1 is 1.39 bits per heavy atom. The van der Waals surface area contributed by atoms with Crippen molar-refractivity contribution in [2.24, 2.45) is 11.7 Å². The minimum atomic E-state index is 0.0378. The predicted molar refractivity (Wildman–Crippen MR) is 71.0 cm³/mol. The monoisotopic (exact) mass is 249 g/mol. The molecule has 1 heterocycles. The second-order valence-electron chi connectivity index (χ2n) is 5.10. The van der Waals surface area contributed by atoms with Gasteiger partial charge in [-0.25, -0.2) is 9.97 Å². The highest BCUT2D eigenvalue weighted by atomic mass is 16.5. The highest BCUT2D eigenvalue weighted by molar-refractivity contribution is 5.16. The molecule has 1 aliphatic carbocycles. The molecule has 1 fully saturated rings. The Morgan fingerprint density at radius 2 is 2.11 bits per heavy atom. The summed E-state index contributed by atoms with van der Waals surface area (Å²) in [6.07, 6.45) is 8.26. The van der Waals surface area contributed by atoms with Gasteiger partial charge in [-0.1, -0.05) is 19.3 Å². The molecule has 0 amide bonds. The summed E-state index contributed by atoms with van der Waals surface area (Å²) in [5.41, 5.74) is 7.62. The molecule has 1 aromatic heterocycles. The Balaban J connectivity index is 2.18. The van der Waals surface area contributed by atoms with Crippen LogP contribution in [0, 0.1) is 12.8 Å². The summed E-state index contributed by atoms with van der Waals surface area (Å²) < 4.78 is 5.65. The van der Waals surface area contributed by atoms with Crippen molar-refractivity contribution in [3.63, 3.8) is 0 Å². The molecule has 4 nitrogen and oxygen atoms in total. The molecule has 2 N–H and O–H groups in total. The molecule has 0 aliphatic heterocycles. The molecule has 1 saturated carbocycles. The number of hydrogen-bond acceptors (Lipinski definition) is 4. The van der Waals surface area contributed by atoms with Gasteiger partial charge >= 0.3 is 0 Å². The first-order valence-electron chi connectivity index (χ1n) is 6.81. The number of hydrogen-bond donors (Lipinski definition) is 1. The zero-order valence-corrected chi connectivity index (χ0v) is 11.4. The van der Waals surface area contributed by atoms with Gasteiger partial charge in [-0.15, -0.1) is 0 Å². The Bertz CT molecular complexity index is 389. The van der Waals surface area contributed by atoms with Crippen LogP contribution in [0.1, 0.15) is 55.3 Å². The maximum Gasteiger partial charge on any atom is 0.157 e. The highest BCUT2D eigenvalue weighted by Crippen LogP contribution is 2.35. The van der Waals surface area contributed by atoms with Crippen LogP contribution in [0.25, 0.3) is 0 Å². The van der Waals surface area contributed by atoms with Gasteiger partial charge in [0, 0.05) is 31.1 Å². The molecule has 0 aromatic carbocycles. The number of methoxy groups -OCH3 is 1. The van der Waals surface area contributed by atoms with Gasteiger partial charge < -0.3 is 10.5 Å². The molecule has 1 aromatic rings. The van der Waals surface area contributed by atoms with Crippen molar-refractivity contribution >= 4 is 0 Å². The van der Waals surface area contributed by atoms with E-state index in [1.165, 1.54) is 32.1 Å². The summed E-state index contributed by atoms with van der Waals surface area (Å²) in [5, 5.41) is 0. The van der Waals surface area contributed by atoms with Gasteiger partial charge in [0.25, 0.3) is 0 Å². The summed E-state index contributed by atoms with van der Waals surface area (Å²) in [7, 11) is 1.76. The minimum absolute atomic E-state index is 0.0378. The molecule has 2 rings (SSSR count). The van der Waals surface area contributed by atoms with Crippen LogP contribution in [0.3, 0.4) is 0 Å². The van der Waals surface area contributed by atoms with E-state index in [2.05, 4.69) is 9.97 Å². The lowest BCUT2D eigenvalue weighted by Gasteiger charge is -2.28. The van der Waals surface area contributed by atoms with E-state index in [0.717, 1.165) is 17.1 Å². The third kappa shape index (κ3) is 2.87. The average molecular weight is 249 g/mol. The number of aromatic nitrogens is 2. The third-order valence-electron chi connectivity index (χ3n) is 3.91.